The molecule has 1 unspecified atom stereocenters. The summed E-state index contributed by atoms with van der Waals surface area (Å²) in [5.41, 5.74) is 6.57. The van der Waals surface area contributed by atoms with Gasteiger partial charge >= 0.3 is 0 Å². The quantitative estimate of drug-likeness (QED) is 0.780. The van der Waals surface area contributed by atoms with Gasteiger partial charge < -0.3 is 11.1 Å². The van der Waals surface area contributed by atoms with Crippen LogP contribution in [0.3, 0.4) is 0 Å². The lowest BCUT2D eigenvalue weighted by Gasteiger charge is -2.11. The summed E-state index contributed by atoms with van der Waals surface area (Å²) in [6.45, 7) is 4.54. The van der Waals surface area contributed by atoms with E-state index in [1.807, 2.05) is 12.1 Å². The molecule has 1 rings (SSSR count). The van der Waals surface area contributed by atoms with Crippen LogP contribution in [0.1, 0.15) is 18.9 Å². The number of hydrogen-bond donors (Lipinski definition) is 2. The van der Waals surface area contributed by atoms with Crippen LogP contribution in [0.4, 0.5) is 0 Å². The predicted octanol–water partition coefficient (Wildman–Crippen LogP) is 1.16. The molecule has 0 saturated carbocycles. The van der Waals surface area contributed by atoms with E-state index in [0.717, 1.165) is 25.1 Å². The van der Waals surface area contributed by atoms with Gasteiger partial charge in [0.1, 0.15) is 0 Å². The Hall–Kier alpha value is -0.910. The van der Waals surface area contributed by atoms with Gasteiger partial charge in [-0.1, -0.05) is 19.1 Å². The molecule has 0 bridgehead atoms. The first-order valence-corrected chi connectivity index (χ1v) is 8.02. The van der Waals surface area contributed by atoms with Crippen molar-refractivity contribution in [2.75, 3.05) is 19.3 Å². The monoisotopic (exact) mass is 270 g/mol. The molecule has 0 radical (unpaired) electrons. The number of hydrogen-bond acceptors (Lipinski definition) is 4. The van der Waals surface area contributed by atoms with Gasteiger partial charge in [0.05, 0.1) is 4.90 Å². The van der Waals surface area contributed by atoms with Gasteiger partial charge in [-0.2, -0.15) is 0 Å². The Bertz CT molecular complexity index is 454. The first-order valence-electron chi connectivity index (χ1n) is 6.13. The summed E-state index contributed by atoms with van der Waals surface area (Å²) >= 11 is 0. The SMILES string of the molecule is CC(CCN)CNCc1ccc(S(C)(=O)=O)cc1. The van der Waals surface area contributed by atoms with Gasteiger partial charge in [-0.15, -0.1) is 0 Å². The summed E-state index contributed by atoms with van der Waals surface area (Å²) in [6, 6.07) is 6.99. The molecule has 1 aromatic carbocycles. The molecular weight excluding hydrogens is 248 g/mol. The fraction of sp³-hybridized carbons (Fsp3) is 0.538. The highest BCUT2D eigenvalue weighted by Gasteiger charge is 2.06. The minimum Gasteiger partial charge on any atom is -0.330 e. The van der Waals surface area contributed by atoms with Gasteiger partial charge in [0, 0.05) is 12.8 Å². The second-order valence-corrected chi connectivity index (χ2v) is 6.75. The molecular formula is C13H22N2O2S. The van der Waals surface area contributed by atoms with Crippen LogP contribution < -0.4 is 11.1 Å². The zero-order chi connectivity index (χ0) is 13.6. The minimum atomic E-state index is -3.10. The Kier molecular flexibility index (Phi) is 5.78. The molecule has 0 aliphatic heterocycles. The maximum absolute atomic E-state index is 11.3. The number of sulfone groups is 1. The Labute approximate surface area is 110 Å². The lowest BCUT2D eigenvalue weighted by atomic mass is 10.1. The number of rotatable bonds is 7. The second kappa shape index (κ2) is 6.87. The van der Waals surface area contributed by atoms with Crippen LogP contribution in [0.2, 0.25) is 0 Å². The van der Waals surface area contributed by atoms with E-state index >= 15 is 0 Å². The van der Waals surface area contributed by atoms with Crippen LogP contribution in [0.5, 0.6) is 0 Å². The summed E-state index contributed by atoms with van der Waals surface area (Å²) in [6.07, 6.45) is 2.23. The summed E-state index contributed by atoms with van der Waals surface area (Å²) in [4.78, 5) is 0.364. The van der Waals surface area contributed by atoms with Crippen molar-refractivity contribution in [2.24, 2.45) is 11.7 Å². The Morgan fingerprint density at radius 1 is 1.28 bits per heavy atom. The van der Waals surface area contributed by atoms with Crippen LogP contribution in [0, 0.1) is 5.92 Å². The molecule has 4 nitrogen and oxygen atoms in total. The summed E-state index contributed by atoms with van der Waals surface area (Å²) in [7, 11) is -3.10. The van der Waals surface area contributed by atoms with Gasteiger partial charge in [0.15, 0.2) is 9.84 Å². The fourth-order valence-corrected chi connectivity index (χ4v) is 2.33. The van der Waals surface area contributed by atoms with Gasteiger partial charge in [-0.05, 0) is 43.1 Å². The van der Waals surface area contributed by atoms with Crippen molar-refractivity contribution < 1.29 is 8.42 Å². The lowest BCUT2D eigenvalue weighted by Crippen LogP contribution is -2.22. The molecule has 0 spiro atoms. The molecule has 0 saturated heterocycles. The van der Waals surface area contributed by atoms with Crippen molar-refractivity contribution in [1.82, 2.24) is 5.32 Å². The van der Waals surface area contributed by atoms with E-state index in [1.165, 1.54) is 6.26 Å². The van der Waals surface area contributed by atoms with Crippen molar-refractivity contribution in [3.63, 3.8) is 0 Å². The van der Waals surface area contributed by atoms with Crippen LogP contribution >= 0.6 is 0 Å². The van der Waals surface area contributed by atoms with E-state index < -0.39 is 9.84 Å². The van der Waals surface area contributed by atoms with E-state index in [9.17, 15) is 8.42 Å². The molecule has 0 amide bonds. The molecule has 0 fully saturated rings. The molecule has 5 heteroatoms. The van der Waals surface area contributed by atoms with Crippen molar-refractivity contribution in [2.45, 2.75) is 24.8 Å². The van der Waals surface area contributed by atoms with Gasteiger partial charge in [-0.3, -0.25) is 0 Å². The molecule has 3 N–H and O–H groups in total. The molecule has 0 heterocycles. The van der Waals surface area contributed by atoms with Gasteiger partial charge in [0.25, 0.3) is 0 Å². The third kappa shape index (κ3) is 5.16. The third-order valence-electron chi connectivity index (χ3n) is 2.83. The standard InChI is InChI=1S/C13H22N2O2S/c1-11(7-8-14)9-15-10-12-3-5-13(6-4-12)18(2,16)17/h3-6,11,15H,7-10,14H2,1-2H3. The van der Waals surface area contributed by atoms with E-state index in [1.54, 1.807) is 12.1 Å². The summed E-state index contributed by atoms with van der Waals surface area (Å²) in [5.74, 6) is 0.560. The first-order chi connectivity index (χ1) is 8.43. The van der Waals surface area contributed by atoms with E-state index in [-0.39, 0.29) is 0 Å². The highest BCUT2D eigenvalue weighted by molar-refractivity contribution is 7.90. The van der Waals surface area contributed by atoms with Crippen molar-refractivity contribution in [3.8, 4) is 0 Å². The first kappa shape index (κ1) is 15.1. The summed E-state index contributed by atoms with van der Waals surface area (Å²) in [5, 5.41) is 3.34. The molecule has 0 aliphatic rings. The number of benzene rings is 1. The largest absolute Gasteiger partial charge is 0.330 e. The average molecular weight is 270 g/mol. The van der Waals surface area contributed by atoms with Crippen LogP contribution in [0.15, 0.2) is 29.2 Å². The molecule has 1 atom stereocenters. The number of nitrogens with one attached hydrogen (secondary N) is 1. The zero-order valence-electron chi connectivity index (χ0n) is 11.0. The average Bonchev–Trinajstić information content (AvgIpc) is 2.29. The lowest BCUT2D eigenvalue weighted by molar-refractivity contribution is 0.486. The number of nitrogens with two attached hydrogens (primary N) is 1. The Morgan fingerprint density at radius 2 is 1.89 bits per heavy atom. The molecule has 18 heavy (non-hydrogen) atoms. The van der Waals surface area contributed by atoms with Crippen LogP contribution in [-0.4, -0.2) is 27.8 Å². The fourth-order valence-electron chi connectivity index (χ4n) is 1.70. The van der Waals surface area contributed by atoms with E-state index in [0.29, 0.717) is 17.4 Å². The van der Waals surface area contributed by atoms with E-state index in [4.69, 9.17) is 5.73 Å². The predicted molar refractivity (Wildman–Crippen MR) is 74.1 cm³/mol. The molecule has 0 aliphatic carbocycles. The highest BCUT2D eigenvalue weighted by atomic mass is 32.2. The van der Waals surface area contributed by atoms with Gasteiger partial charge in [0.2, 0.25) is 0 Å². The van der Waals surface area contributed by atoms with Crippen LogP contribution in [0.25, 0.3) is 0 Å². The van der Waals surface area contributed by atoms with Crippen molar-refractivity contribution >= 4 is 9.84 Å². The zero-order valence-corrected chi connectivity index (χ0v) is 11.8. The van der Waals surface area contributed by atoms with Gasteiger partial charge in [-0.25, -0.2) is 8.42 Å². The molecule has 1 aromatic rings. The Morgan fingerprint density at radius 3 is 2.39 bits per heavy atom. The maximum atomic E-state index is 11.3. The highest BCUT2D eigenvalue weighted by Crippen LogP contribution is 2.10. The van der Waals surface area contributed by atoms with Crippen molar-refractivity contribution in [1.29, 1.82) is 0 Å². The van der Waals surface area contributed by atoms with Crippen LogP contribution in [-0.2, 0) is 16.4 Å². The topological polar surface area (TPSA) is 72.2 Å². The van der Waals surface area contributed by atoms with E-state index in [2.05, 4.69) is 12.2 Å². The second-order valence-electron chi connectivity index (χ2n) is 4.73. The Balaban J connectivity index is 2.45. The smallest absolute Gasteiger partial charge is 0.175 e. The third-order valence-corrected chi connectivity index (χ3v) is 3.96. The van der Waals surface area contributed by atoms with Crippen molar-refractivity contribution in [3.05, 3.63) is 29.8 Å². The molecule has 0 aromatic heterocycles. The molecule has 102 valence electrons. The summed E-state index contributed by atoms with van der Waals surface area (Å²) < 4.78 is 22.6. The normalized spacial score (nSPS) is 13.5. The maximum Gasteiger partial charge on any atom is 0.175 e. The minimum absolute atomic E-state index is 0.364.